The van der Waals surface area contributed by atoms with Crippen LogP contribution >= 0.6 is 11.8 Å². The summed E-state index contributed by atoms with van der Waals surface area (Å²) in [6.07, 6.45) is 0. The fraction of sp³-hybridized carbons (Fsp3) is 0.385. The van der Waals surface area contributed by atoms with Crippen LogP contribution < -0.4 is 5.32 Å². The second kappa shape index (κ2) is 6.50. The monoisotopic (exact) mass is 288 g/mol. The van der Waals surface area contributed by atoms with Gasteiger partial charge in [0.1, 0.15) is 5.54 Å². The van der Waals surface area contributed by atoms with Gasteiger partial charge in [0.25, 0.3) is 0 Å². The summed E-state index contributed by atoms with van der Waals surface area (Å²) in [5.41, 5.74) is 0.314. The van der Waals surface area contributed by atoms with E-state index >= 15 is 0 Å². The van der Waals surface area contributed by atoms with E-state index in [9.17, 15) is 5.26 Å². The second-order valence-electron chi connectivity index (χ2n) is 4.47. The molecule has 20 heavy (non-hydrogen) atoms. The molecular formula is C13H16N6S. The molecule has 0 amide bonds. The van der Waals surface area contributed by atoms with Gasteiger partial charge < -0.3 is 0 Å². The molecule has 0 aliphatic rings. The standard InChI is InChI=1S/C13H16N6S/c1-3-15-13(2,9-14)10-20-12-16-17-18-19(12)11-7-5-4-6-8-11/h4-8,15H,3,10H2,1-2H3. The highest BCUT2D eigenvalue weighted by Crippen LogP contribution is 2.22. The number of thioether (sulfide) groups is 1. The van der Waals surface area contributed by atoms with Crippen molar-refractivity contribution >= 4 is 11.8 Å². The van der Waals surface area contributed by atoms with Crippen molar-refractivity contribution in [3.8, 4) is 11.8 Å². The molecule has 0 saturated carbocycles. The highest BCUT2D eigenvalue weighted by atomic mass is 32.2. The Hall–Kier alpha value is -1.91. The van der Waals surface area contributed by atoms with Gasteiger partial charge in [0.2, 0.25) is 5.16 Å². The van der Waals surface area contributed by atoms with Crippen LogP contribution in [0, 0.1) is 11.3 Å². The largest absolute Gasteiger partial charge is 0.299 e. The van der Waals surface area contributed by atoms with E-state index in [1.165, 1.54) is 11.8 Å². The van der Waals surface area contributed by atoms with Crippen molar-refractivity contribution < 1.29 is 0 Å². The Labute approximate surface area is 122 Å². The Balaban J connectivity index is 2.13. The predicted molar refractivity (Wildman–Crippen MR) is 77.6 cm³/mol. The molecule has 104 valence electrons. The number of nitrogens with one attached hydrogen (secondary N) is 1. The fourth-order valence-corrected chi connectivity index (χ4v) is 2.66. The molecule has 6 nitrogen and oxygen atoms in total. The maximum atomic E-state index is 9.25. The van der Waals surface area contributed by atoms with Crippen molar-refractivity contribution in [2.24, 2.45) is 0 Å². The predicted octanol–water partition coefficient (Wildman–Crippen LogP) is 1.65. The van der Waals surface area contributed by atoms with Gasteiger partial charge in [-0.2, -0.15) is 9.94 Å². The molecule has 1 aromatic carbocycles. The molecule has 1 aromatic heterocycles. The molecule has 1 atom stereocenters. The van der Waals surface area contributed by atoms with E-state index in [2.05, 4.69) is 26.9 Å². The Morgan fingerprint density at radius 3 is 2.80 bits per heavy atom. The Morgan fingerprint density at radius 1 is 1.40 bits per heavy atom. The molecule has 2 aromatic rings. The molecule has 1 unspecified atom stereocenters. The number of hydrogen-bond acceptors (Lipinski definition) is 6. The Kier molecular flexibility index (Phi) is 4.71. The van der Waals surface area contributed by atoms with Crippen LogP contribution in [0.3, 0.4) is 0 Å². The van der Waals surface area contributed by atoms with Crippen LogP contribution in [0.5, 0.6) is 0 Å². The zero-order chi connectivity index (χ0) is 14.4. The number of rotatable bonds is 6. The average molecular weight is 288 g/mol. The zero-order valence-electron chi connectivity index (χ0n) is 11.4. The summed E-state index contributed by atoms with van der Waals surface area (Å²) in [6.45, 7) is 4.60. The van der Waals surface area contributed by atoms with E-state index in [1.54, 1.807) is 4.68 Å². The molecular weight excluding hydrogens is 272 g/mol. The SMILES string of the molecule is CCNC(C)(C#N)CSc1nnnn1-c1ccccc1. The van der Waals surface area contributed by atoms with Gasteiger partial charge in [-0.3, -0.25) is 5.32 Å². The van der Waals surface area contributed by atoms with E-state index in [0.29, 0.717) is 10.9 Å². The smallest absolute Gasteiger partial charge is 0.214 e. The number of aromatic nitrogens is 4. The maximum Gasteiger partial charge on any atom is 0.214 e. The molecule has 0 fully saturated rings. The van der Waals surface area contributed by atoms with Crippen LogP contribution in [0.1, 0.15) is 13.8 Å². The number of hydrogen-bond donors (Lipinski definition) is 1. The molecule has 0 saturated heterocycles. The molecule has 1 heterocycles. The quantitative estimate of drug-likeness (QED) is 0.814. The third-order valence-electron chi connectivity index (χ3n) is 2.75. The topological polar surface area (TPSA) is 79.4 Å². The van der Waals surface area contributed by atoms with Gasteiger partial charge in [0, 0.05) is 5.75 Å². The molecule has 0 radical (unpaired) electrons. The first kappa shape index (κ1) is 14.5. The van der Waals surface area contributed by atoms with E-state index in [0.717, 1.165) is 12.2 Å². The van der Waals surface area contributed by atoms with E-state index < -0.39 is 5.54 Å². The van der Waals surface area contributed by atoms with E-state index in [-0.39, 0.29) is 0 Å². The molecule has 0 aliphatic heterocycles. The number of nitriles is 1. The van der Waals surface area contributed by atoms with E-state index in [4.69, 9.17) is 0 Å². The van der Waals surface area contributed by atoms with Gasteiger partial charge in [-0.15, -0.1) is 5.10 Å². The van der Waals surface area contributed by atoms with E-state index in [1.807, 2.05) is 44.2 Å². The summed E-state index contributed by atoms with van der Waals surface area (Å²) in [4.78, 5) is 0. The van der Waals surface area contributed by atoms with Gasteiger partial charge in [-0.05, 0) is 36.0 Å². The van der Waals surface area contributed by atoms with Crippen molar-refractivity contribution in [1.82, 2.24) is 25.5 Å². The number of tetrazole rings is 1. The third kappa shape index (κ3) is 3.35. The lowest BCUT2D eigenvalue weighted by Gasteiger charge is -2.21. The Morgan fingerprint density at radius 2 is 2.15 bits per heavy atom. The number of para-hydroxylation sites is 1. The van der Waals surface area contributed by atoms with Gasteiger partial charge in [-0.25, -0.2) is 0 Å². The molecule has 7 heteroatoms. The summed E-state index contributed by atoms with van der Waals surface area (Å²) >= 11 is 1.46. The third-order valence-corrected chi connectivity index (χ3v) is 3.98. The van der Waals surface area contributed by atoms with Crippen molar-refractivity contribution in [3.05, 3.63) is 30.3 Å². The summed E-state index contributed by atoms with van der Waals surface area (Å²) < 4.78 is 1.68. The van der Waals surface area contributed by atoms with Crippen LogP contribution in [0.2, 0.25) is 0 Å². The van der Waals surface area contributed by atoms with Crippen LogP contribution in [-0.2, 0) is 0 Å². The van der Waals surface area contributed by atoms with Crippen LogP contribution in [0.15, 0.2) is 35.5 Å². The lowest BCUT2D eigenvalue weighted by atomic mass is 10.1. The number of benzene rings is 1. The summed E-state index contributed by atoms with van der Waals surface area (Å²) in [7, 11) is 0. The maximum absolute atomic E-state index is 9.25. The van der Waals surface area contributed by atoms with Crippen molar-refractivity contribution in [1.29, 1.82) is 5.26 Å². The first-order valence-electron chi connectivity index (χ1n) is 6.31. The summed E-state index contributed by atoms with van der Waals surface area (Å²) in [6, 6.07) is 12.0. The fourth-order valence-electron chi connectivity index (χ4n) is 1.72. The second-order valence-corrected chi connectivity index (χ2v) is 5.41. The van der Waals surface area contributed by atoms with Crippen molar-refractivity contribution in [3.63, 3.8) is 0 Å². The summed E-state index contributed by atoms with van der Waals surface area (Å²) in [5.74, 6) is 0.574. The lowest BCUT2D eigenvalue weighted by Crippen LogP contribution is -2.43. The van der Waals surface area contributed by atoms with Crippen molar-refractivity contribution in [2.45, 2.75) is 24.5 Å². The van der Waals surface area contributed by atoms with Gasteiger partial charge in [0.05, 0.1) is 11.8 Å². The van der Waals surface area contributed by atoms with Gasteiger partial charge in [-0.1, -0.05) is 36.9 Å². The number of nitrogens with zero attached hydrogens (tertiary/aromatic N) is 5. The summed E-state index contributed by atoms with van der Waals surface area (Å²) in [5, 5.41) is 24.8. The first-order chi connectivity index (χ1) is 9.68. The van der Waals surface area contributed by atoms with Gasteiger partial charge >= 0.3 is 0 Å². The Bertz CT molecular complexity index is 590. The van der Waals surface area contributed by atoms with Gasteiger partial charge in [0.15, 0.2) is 0 Å². The minimum atomic E-state index is -0.590. The minimum Gasteiger partial charge on any atom is -0.299 e. The molecule has 1 N–H and O–H groups in total. The normalized spacial score (nSPS) is 13.7. The van der Waals surface area contributed by atoms with Crippen molar-refractivity contribution in [2.75, 3.05) is 12.3 Å². The molecule has 0 bridgehead atoms. The lowest BCUT2D eigenvalue weighted by molar-refractivity contribution is 0.511. The highest BCUT2D eigenvalue weighted by Gasteiger charge is 2.24. The van der Waals surface area contributed by atoms with Crippen LogP contribution in [-0.4, -0.2) is 38.0 Å². The molecule has 0 spiro atoms. The minimum absolute atomic E-state index is 0.574. The average Bonchev–Trinajstić information content (AvgIpc) is 2.95. The first-order valence-corrected chi connectivity index (χ1v) is 7.30. The van der Waals surface area contributed by atoms with Crippen LogP contribution in [0.4, 0.5) is 0 Å². The zero-order valence-corrected chi connectivity index (χ0v) is 12.3. The molecule has 2 rings (SSSR count). The molecule has 0 aliphatic carbocycles. The highest BCUT2D eigenvalue weighted by molar-refractivity contribution is 7.99. The van der Waals surface area contributed by atoms with Crippen LogP contribution in [0.25, 0.3) is 5.69 Å².